The van der Waals surface area contributed by atoms with Gasteiger partial charge in [-0.1, -0.05) is 11.6 Å². The van der Waals surface area contributed by atoms with Crippen molar-refractivity contribution in [1.29, 1.82) is 0 Å². The fraction of sp³-hybridized carbons (Fsp3) is 0.312. The van der Waals surface area contributed by atoms with Crippen molar-refractivity contribution >= 4 is 28.6 Å². The molecule has 1 saturated heterocycles. The van der Waals surface area contributed by atoms with Crippen LogP contribution in [0, 0.1) is 5.82 Å². The molecule has 0 unspecified atom stereocenters. The first-order chi connectivity index (χ1) is 11.2. The minimum absolute atomic E-state index is 0.262. The van der Waals surface area contributed by atoms with Gasteiger partial charge in [0.05, 0.1) is 12.4 Å². The van der Waals surface area contributed by atoms with Gasteiger partial charge >= 0.3 is 0 Å². The van der Waals surface area contributed by atoms with Crippen LogP contribution in [0.1, 0.15) is 24.7 Å². The van der Waals surface area contributed by atoms with E-state index >= 15 is 0 Å². The quantitative estimate of drug-likeness (QED) is 0.714. The largest absolute Gasteiger partial charge is 0.440 e. The molecule has 23 heavy (non-hydrogen) atoms. The van der Waals surface area contributed by atoms with E-state index in [9.17, 15) is 4.39 Å². The van der Waals surface area contributed by atoms with Gasteiger partial charge in [-0.3, -0.25) is 0 Å². The zero-order chi connectivity index (χ0) is 15.8. The number of benzene rings is 1. The molecule has 1 fully saturated rings. The fourth-order valence-electron chi connectivity index (χ4n) is 2.89. The predicted octanol–water partition coefficient (Wildman–Crippen LogP) is 3.79. The number of piperidine rings is 1. The summed E-state index contributed by atoms with van der Waals surface area (Å²) in [6.45, 7) is 1.57. The van der Waals surface area contributed by atoms with E-state index in [-0.39, 0.29) is 5.92 Å². The summed E-state index contributed by atoms with van der Waals surface area (Å²) in [5.41, 5.74) is 1.55. The average Bonchev–Trinajstić information content (AvgIpc) is 2.99. The lowest BCUT2D eigenvalue weighted by Gasteiger charge is -2.30. The number of nitrogens with zero attached hydrogens (tertiary/aromatic N) is 4. The van der Waals surface area contributed by atoms with Crippen LogP contribution in [-0.4, -0.2) is 28.0 Å². The van der Waals surface area contributed by atoms with Gasteiger partial charge in [-0.25, -0.2) is 19.3 Å². The molecule has 0 spiro atoms. The summed E-state index contributed by atoms with van der Waals surface area (Å²) in [5.74, 6) is 1.16. The van der Waals surface area contributed by atoms with Crippen LogP contribution in [0.4, 0.5) is 10.3 Å². The van der Waals surface area contributed by atoms with Crippen molar-refractivity contribution in [3.05, 3.63) is 47.3 Å². The molecule has 0 N–H and O–H groups in total. The van der Waals surface area contributed by atoms with E-state index in [1.807, 2.05) is 12.1 Å². The molecule has 0 bridgehead atoms. The molecule has 1 aromatic carbocycles. The van der Waals surface area contributed by atoms with Crippen LogP contribution in [0.3, 0.4) is 0 Å². The average molecular weight is 333 g/mol. The second-order valence-electron chi connectivity index (χ2n) is 5.63. The molecule has 3 heterocycles. The smallest absolute Gasteiger partial charge is 0.225 e. The van der Waals surface area contributed by atoms with Crippen LogP contribution in [0.25, 0.3) is 11.1 Å². The van der Waals surface area contributed by atoms with Crippen molar-refractivity contribution in [2.75, 3.05) is 18.0 Å². The van der Waals surface area contributed by atoms with Crippen LogP contribution < -0.4 is 4.90 Å². The third-order valence-electron chi connectivity index (χ3n) is 4.10. The predicted molar refractivity (Wildman–Crippen MR) is 85.2 cm³/mol. The molecule has 0 amide bonds. The second kappa shape index (κ2) is 5.77. The van der Waals surface area contributed by atoms with Gasteiger partial charge in [-0.2, -0.15) is 0 Å². The molecule has 5 nitrogen and oxygen atoms in total. The van der Waals surface area contributed by atoms with Crippen LogP contribution in [0.15, 0.2) is 35.0 Å². The molecule has 0 atom stereocenters. The van der Waals surface area contributed by atoms with Gasteiger partial charge in [0.25, 0.3) is 0 Å². The molecule has 0 saturated carbocycles. The Bertz CT molecular complexity index is 828. The highest BCUT2D eigenvalue weighted by atomic mass is 35.5. The molecule has 1 aliphatic rings. The number of hydrogen-bond acceptors (Lipinski definition) is 5. The standard InChI is InChI=1S/C16H14ClFN4O/c17-11-1-2-14-13(7-11)21-15(23-14)10-3-5-22(6-4-10)16-19-8-12(18)9-20-16/h1-2,7-10H,3-6H2. The van der Waals surface area contributed by atoms with E-state index in [0.29, 0.717) is 11.0 Å². The number of anilines is 1. The van der Waals surface area contributed by atoms with Crippen molar-refractivity contribution in [2.24, 2.45) is 0 Å². The Hall–Kier alpha value is -2.21. The van der Waals surface area contributed by atoms with Gasteiger partial charge in [-0.05, 0) is 31.0 Å². The van der Waals surface area contributed by atoms with Crippen LogP contribution in [0.5, 0.6) is 0 Å². The van der Waals surface area contributed by atoms with Crippen LogP contribution in [-0.2, 0) is 0 Å². The Balaban J connectivity index is 1.48. The number of oxazole rings is 1. The third kappa shape index (κ3) is 2.86. The van der Waals surface area contributed by atoms with Crippen molar-refractivity contribution in [2.45, 2.75) is 18.8 Å². The highest BCUT2D eigenvalue weighted by Crippen LogP contribution is 2.31. The lowest BCUT2D eigenvalue weighted by molar-refractivity contribution is 0.405. The molecule has 0 radical (unpaired) electrons. The topological polar surface area (TPSA) is 55.1 Å². The summed E-state index contributed by atoms with van der Waals surface area (Å²) in [6.07, 6.45) is 4.17. The molecule has 4 rings (SSSR count). The molecule has 118 valence electrons. The van der Waals surface area contributed by atoms with Crippen LogP contribution >= 0.6 is 11.6 Å². The van der Waals surface area contributed by atoms with Gasteiger partial charge in [0.15, 0.2) is 17.3 Å². The molecule has 0 aliphatic carbocycles. The summed E-state index contributed by atoms with van der Waals surface area (Å²) in [4.78, 5) is 14.7. The number of halogens is 2. The number of hydrogen-bond donors (Lipinski definition) is 0. The zero-order valence-electron chi connectivity index (χ0n) is 12.2. The number of fused-ring (bicyclic) bond motifs is 1. The second-order valence-corrected chi connectivity index (χ2v) is 6.06. The first-order valence-electron chi connectivity index (χ1n) is 7.47. The molecule has 3 aromatic rings. The lowest BCUT2D eigenvalue weighted by Crippen LogP contribution is -2.34. The molecular formula is C16H14ClFN4O. The van der Waals surface area contributed by atoms with Gasteiger partial charge in [0.1, 0.15) is 5.52 Å². The normalized spacial score (nSPS) is 16.2. The summed E-state index contributed by atoms with van der Waals surface area (Å²) in [5, 5.41) is 0.653. The van der Waals surface area contributed by atoms with E-state index in [2.05, 4.69) is 19.9 Å². The minimum Gasteiger partial charge on any atom is -0.440 e. The Morgan fingerprint density at radius 3 is 2.65 bits per heavy atom. The summed E-state index contributed by atoms with van der Waals surface area (Å²) in [7, 11) is 0. The van der Waals surface area contributed by atoms with Gasteiger partial charge in [0, 0.05) is 24.0 Å². The highest BCUT2D eigenvalue weighted by molar-refractivity contribution is 6.31. The molecular weight excluding hydrogens is 319 g/mol. The Labute approximate surface area is 137 Å². The Kier molecular flexibility index (Phi) is 3.61. The zero-order valence-corrected chi connectivity index (χ0v) is 13.0. The minimum atomic E-state index is -0.422. The van der Waals surface area contributed by atoms with E-state index in [0.717, 1.165) is 42.9 Å². The van der Waals surface area contributed by atoms with Crippen molar-refractivity contribution in [1.82, 2.24) is 15.0 Å². The van der Waals surface area contributed by atoms with Crippen molar-refractivity contribution < 1.29 is 8.81 Å². The maximum Gasteiger partial charge on any atom is 0.225 e. The highest BCUT2D eigenvalue weighted by Gasteiger charge is 2.25. The fourth-order valence-corrected chi connectivity index (χ4v) is 3.05. The van der Waals surface area contributed by atoms with Crippen molar-refractivity contribution in [3.63, 3.8) is 0 Å². The summed E-state index contributed by atoms with van der Waals surface area (Å²) in [6, 6.07) is 5.45. The SMILES string of the molecule is Fc1cnc(N2CCC(c3nc4cc(Cl)ccc4o3)CC2)nc1. The first-order valence-corrected chi connectivity index (χ1v) is 7.85. The Morgan fingerprint density at radius 2 is 1.91 bits per heavy atom. The molecule has 2 aromatic heterocycles. The summed E-state index contributed by atoms with van der Waals surface area (Å²) >= 11 is 5.98. The van der Waals surface area contributed by atoms with E-state index in [1.54, 1.807) is 6.07 Å². The lowest BCUT2D eigenvalue weighted by atomic mass is 9.97. The molecule has 1 aliphatic heterocycles. The van der Waals surface area contributed by atoms with Gasteiger partial charge in [0.2, 0.25) is 5.95 Å². The van der Waals surface area contributed by atoms with E-state index in [4.69, 9.17) is 16.0 Å². The number of rotatable bonds is 2. The first kappa shape index (κ1) is 14.4. The van der Waals surface area contributed by atoms with Crippen LogP contribution in [0.2, 0.25) is 5.02 Å². The van der Waals surface area contributed by atoms with Gasteiger partial charge < -0.3 is 9.32 Å². The van der Waals surface area contributed by atoms with E-state index in [1.165, 1.54) is 12.4 Å². The molecule has 7 heteroatoms. The maximum absolute atomic E-state index is 12.9. The Morgan fingerprint density at radius 1 is 1.17 bits per heavy atom. The summed E-state index contributed by atoms with van der Waals surface area (Å²) < 4.78 is 18.7. The third-order valence-corrected chi connectivity index (χ3v) is 4.33. The maximum atomic E-state index is 12.9. The van der Waals surface area contributed by atoms with Gasteiger partial charge in [-0.15, -0.1) is 0 Å². The number of aromatic nitrogens is 3. The monoisotopic (exact) mass is 332 g/mol. The van der Waals surface area contributed by atoms with Crippen molar-refractivity contribution in [3.8, 4) is 0 Å². The van der Waals surface area contributed by atoms with E-state index < -0.39 is 5.82 Å².